The van der Waals surface area contributed by atoms with Gasteiger partial charge in [0.2, 0.25) is 15.9 Å². The van der Waals surface area contributed by atoms with Crippen molar-refractivity contribution in [3.8, 4) is 0 Å². The van der Waals surface area contributed by atoms with Crippen LogP contribution in [-0.4, -0.2) is 59.0 Å². The zero-order valence-corrected chi connectivity index (χ0v) is 12.7. The number of carbonyl (C=O) groups excluding carboxylic acids is 1. The number of amides is 1. The molecular weight excluding hydrogens is 292 g/mol. The summed E-state index contributed by atoms with van der Waals surface area (Å²) in [5.74, 6) is -0.0962. The predicted octanol–water partition coefficient (Wildman–Crippen LogP) is -0.562. The van der Waals surface area contributed by atoms with E-state index in [0.29, 0.717) is 12.2 Å². The summed E-state index contributed by atoms with van der Waals surface area (Å²) in [5, 5.41) is 6.00. The second-order valence-electron chi connectivity index (χ2n) is 4.81. The first-order valence-corrected chi connectivity index (χ1v) is 8.26. The topological polar surface area (TPSA) is 90.5 Å². The van der Waals surface area contributed by atoms with Crippen LogP contribution in [0, 0.1) is 0 Å². The molecule has 1 aliphatic rings. The zero-order valence-electron chi connectivity index (χ0n) is 11.9. The first-order chi connectivity index (χ1) is 10.0. The highest BCUT2D eigenvalue weighted by molar-refractivity contribution is 7.89. The Morgan fingerprint density at radius 1 is 1.24 bits per heavy atom. The molecule has 1 aromatic rings. The van der Waals surface area contributed by atoms with Gasteiger partial charge in [0.05, 0.1) is 11.4 Å². The van der Waals surface area contributed by atoms with Gasteiger partial charge < -0.3 is 10.6 Å². The van der Waals surface area contributed by atoms with E-state index in [4.69, 9.17) is 0 Å². The molecule has 3 N–H and O–H groups in total. The lowest BCUT2D eigenvalue weighted by molar-refractivity contribution is -0.117. The third-order valence-corrected chi connectivity index (χ3v) is 4.72. The molecule has 7 nitrogen and oxygen atoms in total. The van der Waals surface area contributed by atoms with E-state index in [2.05, 4.69) is 20.3 Å². The molecular formula is C13H20N4O3S. The van der Waals surface area contributed by atoms with Crippen molar-refractivity contribution in [3.63, 3.8) is 0 Å². The van der Waals surface area contributed by atoms with Crippen molar-refractivity contribution in [3.05, 3.63) is 24.3 Å². The van der Waals surface area contributed by atoms with Crippen molar-refractivity contribution < 1.29 is 13.2 Å². The number of nitrogens with zero attached hydrogens (tertiary/aromatic N) is 1. The summed E-state index contributed by atoms with van der Waals surface area (Å²) >= 11 is 0. The van der Waals surface area contributed by atoms with Crippen LogP contribution in [0.15, 0.2) is 29.2 Å². The fraction of sp³-hybridized carbons (Fsp3) is 0.462. The average Bonchev–Trinajstić information content (AvgIpc) is 2.48. The van der Waals surface area contributed by atoms with E-state index < -0.39 is 10.0 Å². The van der Waals surface area contributed by atoms with Gasteiger partial charge in [-0.1, -0.05) is 0 Å². The molecule has 1 saturated heterocycles. The van der Waals surface area contributed by atoms with Crippen LogP contribution >= 0.6 is 0 Å². The molecule has 0 saturated carbocycles. The van der Waals surface area contributed by atoms with Gasteiger partial charge >= 0.3 is 0 Å². The minimum absolute atomic E-state index is 0.0962. The molecule has 1 fully saturated rings. The number of sulfonamides is 1. The average molecular weight is 312 g/mol. The van der Waals surface area contributed by atoms with Gasteiger partial charge in [0.1, 0.15) is 0 Å². The van der Waals surface area contributed by atoms with E-state index in [-0.39, 0.29) is 10.8 Å². The normalized spacial score (nSPS) is 16.6. The summed E-state index contributed by atoms with van der Waals surface area (Å²) in [7, 11) is -2.08. The molecule has 0 spiro atoms. The van der Waals surface area contributed by atoms with E-state index in [1.54, 1.807) is 12.1 Å². The summed E-state index contributed by atoms with van der Waals surface area (Å²) in [5.41, 5.74) is 0.588. The van der Waals surface area contributed by atoms with Gasteiger partial charge in [-0.15, -0.1) is 0 Å². The van der Waals surface area contributed by atoms with Crippen LogP contribution in [-0.2, 0) is 14.8 Å². The lowest BCUT2D eigenvalue weighted by atomic mass is 10.3. The Hall–Kier alpha value is -1.48. The molecule has 2 rings (SSSR count). The fourth-order valence-electron chi connectivity index (χ4n) is 2.11. The maximum absolute atomic E-state index is 11.9. The Labute approximate surface area is 124 Å². The third kappa shape index (κ3) is 4.50. The fourth-order valence-corrected chi connectivity index (χ4v) is 2.84. The van der Waals surface area contributed by atoms with Gasteiger partial charge in [0.15, 0.2) is 0 Å². The lowest BCUT2D eigenvalue weighted by Crippen LogP contribution is -2.46. The summed E-state index contributed by atoms with van der Waals surface area (Å²) in [6, 6.07) is 6.10. The summed E-state index contributed by atoms with van der Waals surface area (Å²) < 4.78 is 25.4. The lowest BCUT2D eigenvalue weighted by Gasteiger charge is -2.26. The molecule has 116 valence electrons. The monoisotopic (exact) mass is 312 g/mol. The van der Waals surface area contributed by atoms with Gasteiger partial charge in [-0.3, -0.25) is 9.69 Å². The highest BCUT2D eigenvalue weighted by atomic mass is 32.2. The van der Waals surface area contributed by atoms with Crippen LogP contribution in [0.25, 0.3) is 0 Å². The Balaban J connectivity index is 1.92. The molecule has 8 heteroatoms. The van der Waals surface area contributed by atoms with Crippen LogP contribution in [0.4, 0.5) is 5.69 Å². The van der Waals surface area contributed by atoms with Crippen molar-refractivity contribution in [1.29, 1.82) is 0 Å². The molecule has 21 heavy (non-hydrogen) atoms. The molecule has 0 radical (unpaired) electrons. The Morgan fingerprint density at radius 2 is 1.86 bits per heavy atom. The molecule has 1 aliphatic heterocycles. The van der Waals surface area contributed by atoms with Crippen molar-refractivity contribution >= 4 is 21.6 Å². The maximum atomic E-state index is 11.9. The number of anilines is 1. The molecule has 0 atom stereocenters. The second-order valence-corrected chi connectivity index (χ2v) is 6.69. The minimum Gasteiger partial charge on any atom is -0.325 e. The van der Waals surface area contributed by atoms with Gasteiger partial charge in [-0.25, -0.2) is 13.1 Å². The number of hydrogen-bond donors (Lipinski definition) is 3. The smallest absolute Gasteiger partial charge is 0.240 e. The third-order valence-electron chi connectivity index (χ3n) is 3.29. The molecule has 0 bridgehead atoms. The highest BCUT2D eigenvalue weighted by Gasteiger charge is 2.14. The van der Waals surface area contributed by atoms with Crippen molar-refractivity contribution in [1.82, 2.24) is 14.9 Å². The maximum Gasteiger partial charge on any atom is 0.240 e. The summed E-state index contributed by atoms with van der Waals surface area (Å²) in [4.78, 5) is 14.2. The quantitative estimate of drug-likeness (QED) is 0.678. The predicted molar refractivity (Wildman–Crippen MR) is 80.6 cm³/mol. The number of rotatable bonds is 5. The number of piperazine rings is 1. The van der Waals surface area contributed by atoms with E-state index >= 15 is 0 Å². The van der Waals surface area contributed by atoms with Crippen molar-refractivity contribution in [2.24, 2.45) is 0 Å². The van der Waals surface area contributed by atoms with Crippen LogP contribution in [0.3, 0.4) is 0 Å². The van der Waals surface area contributed by atoms with Crippen molar-refractivity contribution in [2.75, 3.05) is 45.1 Å². The largest absolute Gasteiger partial charge is 0.325 e. The van der Waals surface area contributed by atoms with Crippen LogP contribution in [0.1, 0.15) is 0 Å². The van der Waals surface area contributed by atoms with Gasteiger partial charge in [-0.2, -0.15) is 0 Å². The zero-order chi connectivity index (χ0) is 15.3. The molecule has 0 unspecified atom stereocenters. The van der Waals surface area contributed by atoms with E-state index in [1.165, 1.54) is 19.2 Å². The first-order valence-electron chi connectivity index (χ1n) is 6.78. The molecule has 0 aliphatic carbocycles. The number of carbonyl (C=O) groups is 1. The number of hydrogen-bond acceptors (Lipinski definition) is 5. The van der Waals surface area contributed by atoms with Crippen molar-refractivity contribution in [2.45, 2.75) is 4.90 Å². The molecule has 0 aromatic heterocycles. The number of benzene rings is 1. The summed E-state index contributed by atoms with van der Waals surface area (Å²) in [6.45, 7) is 3.84. The van der Waals surface area contributed by atoms with Gasteiger partial charge in [0.25, 0.3) is 0 Å². The standard InChI is InChI=1S/C13H20N4O3S/c1-14-21(19,20)12-4-2-11(3-5-12)16-13(18)10-17-8-6-15-7-9-17/h2-5,14-15H,6-10H2,1H3,(H,16,18). The van der Waals surface area contributed by atoms with E-state index in [1.807, 2.05) is 0 Å². The van der Waals surface area contributed by atoms with E-state index in [9.17, 15) is 13.2 Å². The van der Waals surface area contributed by atoms with Crippen LogP contribution < -0.4 is 15.4 Å². The van der Waals surface area contributed by atoms with Gasteiger partial charge in [-0.05, 0) is 31.3 Å². The minimum atomic E-state index is -3.44. The van der Waals surface area contributed by atoms with Crippen LogP contribution in [0.5, 0.6) is 0 Å². The molecule has 1 heterocycles. The second kappa shape index (κ2) is 6.99. The van der Waals surface area contributed by atoms with E-state index in [0.717, 1.165) is 26.2 Å². The number of nitrogens with one attached hydrogen (secondary N) is 3. The first kappa shape index (κ1) is 15.9. The molecule has 1 aromatic carbocycles. The Morgan fingerprint density at radius 3 is 2.43 bits per heavy atom. The molecule has 1 amide bonds. The highest BCUT2D eigenvalue weighted by Crippen LogP contribution is 2.13. The summed E-state index contributed by atoms with van der Waals surface area (Å²) in [6.07, 6.45) is 0. The van der Waals surface area contributed by atoms with Crippen LogP contribution in [0.2, 0.25) is 0 Å². The Bertz CT molecular complexity index is 580. The SMILES string of the molecule is CNS(=O)(=O)c1ccc(NC(=O)CN2CCNCC2)cc1. The Kier molecular flexibility index (Phi) is 5.29. The van der Waals surface area contributed by atoms with Gasteiger partial charge in [0, 0.05) is 31.9 Å².